The van der Waals surface area contributed by atoms with Gasteiger partial charge in [-0.2, -0.15) is 0 Å². The van der Waals surface area contributed by atoms with E-state index in [1.807, 2.05) is 24.3 Å². The van der Waals surface area contributed by atoms with Gasteiger partial charge in [-0.3, -0.25) is 0 Å². The van der Waals surface area contributed by atoms with E-state index in [4.69, 9.17) is 14.2 Å². The zero-order valence-electron chi connectivity index (χ0n) is 12.3. The van der Waals surface area contributed by atoms with Crippen LogP contribution in [0, 0.1) is 0 Å². The molecule has 5 heteroatoms. The molecule has 0 spiro atoms. The number of ether oxygens (including phenoxy) is 3. The number of benzene rings is 2. The van der Waals surface area contributed by atoms with Crippen LogP contribution in [-0.4, -0.2) is 26.4 Å². The van der Waals surface area contributed by atoms with Gasteiger partial charge in [0.2, 0.25) is 0 Å². The van der Waals surface area contributed by atoms with Crippen molar-refractivity contribution in [1.82, 2.24) is 0 Å². The van der Waals surface area contributed by atoms with Crippen LogP contribution in [-0.2, 0) is 6.54 Å². The number of hydrogen-bond donors (Lipinski definition) is 2. The van der Waals surface area contributed by atoms with Crippen molar-refractivity contribution in [3.8, 4) is 23.0 Å². The van der Waals surface area contributed by atoms with Crippen molar-refractivity contribution < 1.29 is 19.3 Å². The zero-order valence-corrected chi connectivity index (χ0v) is 12.3. The maximum Gasteiger partial charge on any atom is 0.160 e. The van der Waals surface area contributed by atoms with Crippen LogP contribution in [0.25, 0.3) is 0 Å². The Kier molecular flexibility index (Phi) is 4.77. The fourth-order valence-electron chi connectivity index (χ4n) is 1.97. The molecule has 2 N–H and O–H groups in total. The second-order valence-corrected chi connectivity index (χ2v) is 4.46. The molecule has 0 aliphatic rings. The number of rotatable bonds is 6. The highest BCUT2D eigenvalue weighted by molar-refractivity contribution is 5.54. The zero-order chi connectivity index (χ0) is 15.2. The summed E-state index contributed by atoms with van der Waals surface area (Å²) in [6.07, 6.45) is 0. The summed E-state index contributed by atoms with van der Waals surface area (Å²) in [7, 11) is 4.76. The molecule has 0 aliphatic carbocycles. The van der Waals surface area contributed by atoms with E-state index in [-0.39, 0.29) is 5.75 Å². The van der Waals surface area contributed by atoms with Gasteiger partial charge in [-0.25, -0.2) is 0 Å². The van der Waals surface area contributed by atoms with E-state index in [1.54, 1.807) is 26.4 Å². The summed E-state index contributed by atoms with van der Waals surface area (Å²) in [4.78, 5) is 0. The molecule has 0 aliphatic heterocycles. The molecule has 0 fully saturated rings. The molecule has 21 heavy (non-hydrogen) atoms. The van der Waals surface area contributed by atoms with Crippen molar-refractivity contribution >= 4 is 5.69 Å². The number of hydrogen-bond acceptors (Lipinski definition) is 5. The van der Waals surface area contributed by atoms with Crippen molar-refractivity contribution in [2.45, 2.75) is 6.54 Å². The lowest BCUT2D eigenvalue weighted by Crippen LogP contribution is -2.00. The third-order valence-corrected chi connectivity index (χ3v) is 3.09. The van der Waals surface area contributed by atoms with Gasteiger partial charge in [-0.15, -0.1) is 0 Å². The standard InChI is InChI=1S/C16H19NO4/c1-19-13-6-11(7-14(9-13)20-2)10-17-12-4-5-16(21-3)15(18)8-12/h4-9,17-18H,10H2,1-3H3. The SMILES string of the molecule is COc1cc(CNc2ccc(OC)c(O)c2)cc(OC)c1. The van der Waals surface area contributed by atoms with Crippen LogP contribution < -0.4 is 19.5 Å². The molecule has 2 aromatic rings. The maximum atomic E-state index is 9.75. The third kappa shape index (κ3) is 3.72. The number of methoxy groups -OCH3 is 3. The second-order valence-electron chi connectivity index (χ2n) is 4.46. The average Bonchev–Trinajstić information content (AvgIpc) is 2.52. The van der Waals surface area contributed by atoms with Crippen LogP contribution in [0.2, 0.25) is 0 Å². The van der Waals surface area contributed by atoms with Gasteiger partial charge in [-0.1, -0.05) is 0 Å². The Labute approximate surface area is 124 Å². The molecule has 0 atom stereocenters. The normalized spacial score (nSPS) is 10.0. The Morgan fingerprint density at radius 2 is 1.57 bits per heavy atom. The highest BCUT2D eigenvalue weighted by Crippen LogP contribution is 2.29. The summed E-state index contributed by atoms with van der Waals surface area (Å²) in [5.74, 6) is 2.03. The molecular weight excluding hydrogens is 270 g/mol. The molecule has 2 rings (SSSR count). The predicted octanol–water partition coefficient (Wildman–Crippen LogP) is 3.03. The minimum atomic E-state index is 0.103. The molecule has 0 aromatic heterocycles. The molecule has 0 saturated carbocycles. The molecule has 0 amide bonds. The van der Waals surface area contributed by atoms with E-state index in [0.29, 0.717) is 12.3 Å². The number of anilines is 1. The number of nitrogens with one attached hydrogen (secondary N) is 1. The van der Waals surface area contributed by atoms with Gasteiger partial charge in [0.1, 0.15) is 11.5 Å². The number of phenolic OH excluding ortho intramolecular Hbond substituents is 1. The summed E-state index contributed by atoms with van der Waals surface area (Å²) in [6.45, 7) is 0.583. The van der Waals surface area contributed by atoms with Crippen LogP contribution in [0.5, 0.6) is 23.0 Å². The first kappa shape index (κ1) is 14.8. The first-order chi connectivity index (χ1) is 10.2. The first-order valence-electron chi connectivity index (χ1n) is 6.49. The Balaban J connectivity index is 2.10. The topological polar surface area (TPSA) is 60.0 Å². The molecule has 0 unspecified atom stereocenters. The molecular formula is C16H19NO4. The van der Waals surface area contributed by atoms with Crippen molar-refractivity contribution in [1.29, 1.82) is 0 Å². The first-order valence-corrected chi connectivity index (χ1v) is 6.49. The van der Waals surface area contributed by atoms with Gasteiger partial charge >= 0.3 is 0 Å². The third-order valence-electron chi connectivity index (χ3n) is 3.09. The van der Waals surface area contributed by atoms with Gasteiger partial charge in [0.25, 0.3) is 0 Å². The van der Waals surface area contributed by atoms with Crippen molar-refractivity contribution in [2.24, 2.45) is 0 Å². The van der Waals surface area contributed by atoms with Gasteiger partial charge in [0, 0.05) is 24.4 Å². The molecule has 2 aromatic carbocycles. The maximum absolute atomic E-state index is 9.75. The Morgan fingerprint density at radius 1 is 0.905 bits per heavy atom. The minimum absolute atomic E-state index is 0.103. The molecule has 0 radical (unpaired) electrons. The summed E-state index contributed by atoms with van der Waals surface area (Å²) in [5, 5.41) is 13.0. The monoisotopic (exact) mass is 289 g/mol. The summed E-state index contributed by atoms with van der Waals surface area (Å²) >= 11 is 0. The van der Waals surface area contributed by atoms with Crippen LogP contribution in [0.1, 0.15) is 5.56 Å². The van der Waals surface area contributed by atoms with Gasteiger partial charge in [0.05, 0.1) is 21.3 Å². The van der Waals surface area contributed by atoms with E-state index in [2.05, 4.69) is 5.32 Å². The van der Waals surface area contributed by atoms with Gasteiger partial charge in [0.15, 0.2) is 11.5 Å². The lowest BCUT2D eigenvalue weighted by Gasteiger charge is -2.11. The highest BCUT2D eigenvalue weighted by Gasteiger charge is 2.04. The largest absolute Gasteiger partial charge is 0.504 e. The van der Waals surface area contributed by atoms with Crippen LogP contribution in [0.15, 0.2) is 36.4 Å². The van der Waals surface area contributed by atoms with Crippen LogP contribution in [0.4, 0.5) is 5.69 Å². The lowest BCUT2D eigenvalue weighted by atomic mass is 10.2. The molecule has 0 bridgehead atoms. The summed E-state index contributed by atoms with van der Waals surface area (Å²) in [6, 6.07) is 10.9. The quantitative estimate of drug-likeness (QED) is 0.856. The van der Waals surface area contributed by atoms with Crippen LogP contribution in [0.3, 0.4) is 0 Å². The number of phenols is 1. The predicted molar refractivity (Wildman–Crippen MR) is 81.5 cm³/mol. The fraction of sp³-hybridized carbons (Fsp3) is 0.250. The minimum Gasteiger partial charge on any atom is -0.504 e. The van der Waals surface area contributed by atoms with Crippen molar-refractivity contribution in [2.75, 3.05) is 26.6 Å². The van der Waals surface area contributed by atoms with E-state index >= 15 is 0 Å². The van der Waals surface area contributed by atoms with Crippen molar-refractivity contribution in [3.05, 3.63) is 42.0 Å². The smallest absolute Gasteiger partial charge is 0.160 e. The Bertz CT molecular complexity index is 591. The summed E-state index contributed by atoms with van der Waals surface area (Å²) < 4.78 is 15.5. The van der Waals surface area contributed by atoms with Crippen LogP contribution >= 0.6 is 0 Å². The Hall–Kier alpha value is -2.56. The van der Waals surface area contributed by atoms with Gasteiger partial charge < -0.3 is 24.6 Å². The van der Waals surface area contributed by atoms with E-state index in [9.17, 15) is 5.11 Å². The fourth-order valence-corrected chi connectivity index (χ4v) is 1.97. The second kappa shape index (κ2) is 6.74. The molecule has 5 nitrogen and oxygen atoms in total. The number of aromatic hydroxyl groups is 1. The van der Waals surface area contributed by atoms with E-state index in [0.717, 1.165) is 22.7 Å². The average molecular weight is 289 g/mol. The molecule has 0 heterocycles. The molecule has 0 saturated heterocycles. The highest BCUT2D eigenvalue weighted by atomic mass is 16.5. The van der Waals surface area contributed by atoms with E-state index < -0.39 is 0 Å². The van der Waals surface area contributed by atoms with Gasteiger partial charge in [-0.05, 0) is 29.8 Å². The lowest BCUT2D eigenvalue weighted by molar-refractivity contribution is 0.373. The Morgan fingerprint density at radius 3 is 2.10 bits per heavy atom. The van der Waals surface area contributed by atoms with E-state index in [1.165, 1.54) is 7.11 Å². The summed E-state index contributed by atoms with van der Waals surface area (Å²) in [5.41, 5.74) is 1.82. The molecule has 112 valence electrons. The van der Waals surface area contributed by atoms with Crippen molar-refractivity contribution in [3.63, 3.8) is 0 Å².